The van der Waals surface area contributed by atoms with Crippen molar-refractivity contribution in [3.8, 4) is 0 Å². The highest BCUT2D eigenvalue weighted by molar-refractivity contribution is 5.92. The molecule has 5 nitrogen and oxygen atoms in total. The van der Waals surface area contributed by atoms with E-state index in [4.69, 9.17) is 0 Å². The van der Waals surface area contributed by atoms with Crippen molar-refractivity contribution >= 4 is 5.91 Å². The van der Waals surface area contributed by atoms with E-state index in [2.05, 4.69) is 24.1 Å². The van der Waals surface area contributed by atoms with E-state index in [9.17, 15) is 9.90 Å². The van der Waals surface area contributed by atoms with E-state index in [-0.39, 0.29) is 12.5 Å². The molecule has 1 aromatic heterocycles. The second kappa shape index (κ2) is 8.34. The lowest BCUT2D eigenvalue weighted by Gasteiger charge is -2.22. The standard InChI is InChI=1S/C17H29N3O2/c1-14(2)20-12-6-8-16(20)17(22)18-9-3-4-10-19-11-5-7-15(19)13-21/h6,8,12,14-15,21H,3-5,7,9-11,13H2,1-2H3,(H,18,22). The number of hydrogen-bond donors (Lipinski definition) is 2. The molecule has 0 aliphatic carbocycles. The minimum atomic E-state index is 0.00751. The average molecular weight is 307 g/mol. The summed E-state index contributed by atoms with van der Waals surface area (Å²) in [5.41, 5.74) is 0.731. The van der Waals surface area contributed by atoms with Crippen LogP contribution in [0.1, 0.15) is 56.1 Å². The highest BCUT2D eigenvalue weighted by Gasteiger charge is 2.22. The van der Waals surface area contributed by atoms with Gasteiger partial charge in [-0.15, -0.1) is 0 Å². The van der Waals surface area contributed by atoms with Crippen LogP contribution in [0, 0.1) is 0 Å². The topological polar surface area (TPSA) is 57.5 Å². The number of amides is 1. The summed E-state index contributed by atoms with van der Waals surface area (Å²) < 4.78 is 1.99. The Labute approximate surface area is 133 Å². The SMILES string of the molecule is CC(C)n1cccc1C(=O)NCCCCN1CCCC1CO. The molecule has 2 heterocycles. The van der Waals surface area contributed by atoms with Gasteiger partial charge in [-0.25, -0.2) is 0 Å². The summed E-state index contributed by atoms with van der Waals surface area (Å²) in [6.45, 7) is 7.24. The molecule has 1 unspecified atom stereocenters. The Kier molecular flexibility index (Phi) is 6.46. The van der Waals surface area contributed by atoms with E-state index in [1.807, 2.05) is 22.9 Å². The molecule has 2 N–H and O–H groups in total. The Balaban J connectivity index is 1.66. The van der Waals surface area contributed by atoms with E-state index >= 15 is 0 Å². The smallest absolute Gasteiger partial charge is 0.267 e. The number of unbranched alkanes of at least 4 members (excludes halogenated alkanes) is 1. The lowest BCUT2D eigenvalue weighted by atomic mass is 10.2. The number of hydrogen-bond acceptors (Lipinski definition) is 3. The van der Waals surface area contributed by atoms with Crippen LogP contribution in [0.3, 0.4) is 0 Å². The molecule has 0 aromatic carbocycles. The van der Waals surface area contributed by atoms with Crippen molar-refractivity contribution in [2.24, 2.45) is 0 Å². The first-order valence-corrected chi connectivity index (χ1v) is 8.43. The highest BCUT2D eigenvalue weighted by Crippen LogP contribution is 2.17. The van der Waals surface area contributed by atoms with E-state index < -0.39 is 0 Å². The van der Waals surface area contributed by atoms with Gasteiger partial charge in [0.1, 0.15) is 5.69 Å². The molecular weight excluding hydrogens is 278 g/mol. The number of aromatic nitrogens is 1. The minimum absolute atomic E-state index is 0.00751. The maximum absolute atomic E-state index is 12.2. The van der Waals surface area contributed by atoms with E-state index in [0.29, 0.717) is 18.6 Å². The van der Waals surface area contributed by atoms with E-state index in [0.717, 1.165) is 38.0 Å². The fraction of sp³-hybridized carbons (Fsp3) is 0.706. The molecule has 1 aliphatic heterocycles. The lowest BCUT2D eigenvalue weighted by Crippen LogP contribution is -2.33. The zero-order valence-corrected chi connectivity index (χ0v) is 13.8. The van der Waals surface area contributed by atoms with Gasteiger partial charge in [-0.2, -0.15) is 0 Å². The molecule has 2 rings (SSSR count). The Hall–Kier alpha value is -1.33. The van der Waals surface area contributed by atoms with Crippen LogP contribution in [-0.4, -0.2) is 52.8 Å². The van der Waals surface area contributed by atoms with E-state index in [1.54, 1.807) is 0 Å². The predicted octanol–water partition coefficient (Wildman–Crippen LogP) is 2.04. The minimum Gasteiger partial charge on any atom is -0.395 e. The van der Waals surface area contributed by atoms with Gasteiger partial charge < -0.3 is 15.0 Å². The molecule has 1 saturated heterocycles. The van der Waals surface area contributed by atoms with Gasteiger partial charge in [0.05, 0.1) is 6.61 Å². The fourth-order valence-corrected chi connectivity index (χ4v) is 3.17. The van der Waals surface area contributed by atoms with Crippen LogP contribution in [-0.2, 0) is 0 Å². The number of aliphatic hydroxyl groups excluding tert-OH is 1. The van der Waals surface area contributed by atoms with E-state index in [1.165, 1.54) is 6.42 Å². The third-order valence-electron chi connectivity index (χ3n) is 4.44. The summed E-state index contributed by atoms with van der Waals surface area (Å²) >= 11 is 0. The Bertz CT molecular complexity index is 470. The zero-order valence-electron chi connectivity index (χ0n) is 13.8. The van der Waals surface area contributed by atoms with Gasteiger partial charge in [0.2, 0.25) is 0 Å². The van der Waals surface area contributed by atoms with Crippen molar-refractivity contribution in [2.45, 2.75) is 51.6 Å². The Morgan fingerprint density at radius 3 is 3.00 bits per heavy atom. The summed E-state index contributed by atoms with van der Waals surface area (Å²) in [4.78, 5) is 14.5. The molecule has 1 amide bonds. The Morgan fingerprint density at radius 2 is 2.27 bits per heavy atom. The first kappa shape index (κ1) is 17.0. The second-order valence-corrected chi connectivity index (χ2v) is 6.37. The van der Waals surface area contributed by atoms with Gasteiger partial charge >= 0.3 is 0 Å². The van der Waals surface area contributed by atoms with Gasteiger partial charge in [-0.3, -0.25) is 9.69 Å². The van der Waals surface area contributed by atoms with Gasteiger partial charge in [-0.05, 0) is 64.8 Å². The molecule has 1 aliphatic rings. The molecule has 1 atom stereocenters. The molecule has 0 radical (unpaired) electrons. The molecule has 0 bridgehead atoms. The van der Waals surface area contributed by atoms with Gasteiger partial charge in [0.25, 0.3) is 5.91 Å². The molecule has 124 valence electrons. The monoisotopic (exact) mass is 307 g/mol. The maximum atomic E-state index is 12.2. The van der Waals surface area contributed by atoms with Crippen LogP contribution >= 0.6 is 0 Å². The fourth-order valence-electron chi connectivity index (χ4n) is 3.17. The number of nitrogens with zero attached hydrogens (tertiary/aromatic N) is 2. The normalized spacial score (nSPS) is 19.0. The lowest BCUT2D eigenvalue weighted by molar-refractivity contribution is 0.0941. The summed E-state index contributed by atoms with van der Waals surface area (Å²) in [7, 11) is 0. The van der Waals surface area contributed by atoms with Crippen molar-refractivity contribution in [3.05, 3.63) is 24.0 Å². The summed E-state index contributed by atoms with van der Waals surface area (Å²) in [5, 5.41) is 12.3. The number of carbonyl (C=O) groups excluding carboxylic acids is 1. The zero-order chi connectivity index (χ0) is 15.9. The first-order valence-electron chi connectivity index (χ1n) is 8.43. The number of nitrogens with one attached hydrogen (secondary N) is 1. The summed E-state index contributed by atoms with van der Waals surface area (Å²) in [6, 6.07) is 4.42. The molecule has 22 heavy (non-hydrogen) atoms. The predicted molar refractivity (Wildman–Crippen MR) is 88.1 cm³/mol. The quantitative estimate of drug-likeness (QED) is 0.723. The molecular formula is C17H29N3O2. The van der Waals surface area contributed by atoms with Crippen LogP contribution in [0.5, 0.6) is 0 Å². The molecule has 1 aromatic rings. The van der Waals surface area contributed by atoms with Crippen LogP contribution in [0.4, 0.5) is 0 Å². The summed E-state index contributed by atoms with van der Waals surface area (Å²) in [6.07, 6.45) is 6.28. The van der Waals surface area contributed by atoms with Crippen LogP contribution < -0.4 is 5.32 Å². The number of aliphatic hydroxyl groups is 1. The number of likely N-dealkylation sites (tertiary alicyclic amines) is 1. The van der Waals surface area contributed by atoms with Crippen molar-refractivity contribution < 1.29 is 9.90 Å². The number of carbonyl (C=O) groups is 1. The van der Waals surface area contributed by atoms with Crippen LogP contribution in [0.25, 0.3) is 0 Å². The van der Waals surface area contributed by atoms with Gasteiger partial charge in [0.15, 0.2) is 0 Å². The third kappa shape index (κ3) is 4.34. The molecule has 0 spiro atoms. The van der Waals surface area contributed by atoms with Crippen LogP contribution in [0.15, 0.2) is 18.3 Å². The highest BCUT2D eigenvalue weighted by atomic mass is 16.3. The summed E-state index contributed by atoms with van der Waals surface area (Å²) in [5.74, 6) is 0.00751. The van der Waals surface area contributed by atoms with Crippen molar-refractivity contribution in [2.75, 3.05) is 26.2 Å². The van der Waals surface area contributed by atoms with Crippen molar-refractivity contribution in [1.29, 1.82) is 0 Å². The van der Waals surface area contributed by atoms with Gasteiger partial charge in [-0.1, -0.05) is 0 Å². The van der Waals surface area contributed by atoms with Crippen molar-refractivity contribution in [3.63, 3.8) is 0 Å². The van der Waals surface area contributed by atoms with Crippen molar-refractivity contribution in [1.82, 2.24) is 14.8 Å². The largest absolute Gasteiger partial charge is 0.395 e. The molecule has 1 fully saturated rings. The average Bonchev–Trinajstić information content (AvgIpc) is 3.15. The molecule has 0 saturated carbocycles. The second-order valence-electron chi connectivity index (χ2n) is 6.37. The first-order chi connectivity index (χ1) is 10.6. The molecule has 5 heteroatoms. The number of rotatable bonds is 8. The van der Waals surface area contributed by atoms with Crippen LogP contribution in [0.2, 0.25) is 0 Å². The Morgan fingerprint density at radius 1 is 1.45 bits per heavy atom. The van der Waals surface area contributed by atoms with Gasteiger partial charge in [0, 0.05) is 24.8 Å². The maximum Gasteiger partial charge on any atom is 0.267 e. The third-order valence-corrected chi connectivity index (χ3v) is 4.44.